The maximum Gasteiger partial charge on any atom is 0.0544 e. The Morgan fingerprint density at radius 3 is 2.81 bits per heavy atom. The lowest BCUT2D eigenvalue weighted by molar-refractivity contribution is 0.0548. The first-order chi connectivity index (χ1) is 10.3. The van der Waals surface area contributed by atoms with Crippen molar-refractivity contribution < 1.29 is 4.74 Å². The fraction of sp³-hybridized carbons (Fsp3) is 0.706. The summed E-state index contributed by atoms with van der Waals surface area (Å²) >= 11 is 0. The van der Waals surface area contributed by atoms with E-state index in [2.05, 4.69) is 41.3 Å². The number of hydrogen-bond acceptors (Lipinski definition) is 4. The summed E-state index contributed by atoms with van der Waals surface area (Å²) in [6.45, 7) is 8.09. The third kappa shape index (κ3) is 6.12. The SMILES string of the molecule is CCCNCc1ccc(CN(C)CC2CCOCC2)nc1. The molecular formula is C17H29N3O. The van der Waals surface area contributed by atoms with E-state index in [1.807, 2.05) is 6.20 Å². The maximum absolute atomic E-state index is 5.42. The molecule has 0 amide bonds. The standard InChI is InChI=1S/C17H29N3O/c1-3-8-18-11-16-4-5-17(19-12-16)14-20(2)13-15-6-9-21-10-7-15/h4-5,12,15,18H,3,6-11,13-14H2,1-2H3. The summed E-state index contributed by atoms with van der Waals surface area (Å²) in [5.41, 5.74) is 2.42. The van der Waals surface area contributed by atoms with Gasteiger partial charge in [0.2, 0.25) is 0 Å². The predicted molar refractivity (Wildman–Crippen MR) is 86.1 cm³/mol. The zero-order valence-electron chi connectivity index (χ0n) is 13.5. The van der Waals surface area contributed by atoms with Crippen LogP contribution in [0.1, 0.15) is 37.4 Å². The van der Waals surface area contributed by atoms with Crippen molar-refractivity contribution in [3.8, 4) is 0 Å². The van der Waals surface area contributed by atoms with Crippen LogP contribution in [0.15, 0.2) is 18.3 Å². The second kappa shape index (κ2) is 9.13. The van der Waals surface area contributed by atoms with E-state index in [-0.39, 0.29) is 0 Å². The van der Waals surface area contributed by atoms with E-state index in [9.17, 15) is 0 Å². The fourth-order valence-electron chi connectivity index (χ4n) is 2.77. The molecule has 4 heteroatoms. The van der Waals surface area contributed by atoms with Crippen molar-refractivity contribution in [2.45, 2.75) is 39.3 Å². The normalized spacial score (nSPS) is 16.5. The summed E-state index contributed by atoms with van der Waals surface area (Å²) in [6.07, 6.45) is 5.56. The minimum Gasteiger partial charge on any atom is -0.381 e. The summed E-state index contributed by atoms with van der Waals surface area (Å²) in [6, 6.07) is 4.34. The van der Waals surface area contributed by atoms with Crippen LogP contribution in [-0.4, -0.2) is 43.2 Å². The smallest absolute Gasteiger partial charge is 0.0544 e. The first-order valence-corrected chi connectivity index (χ1v) is 8.18. The number of hydrogen-bond donors (Lipinski definition) is 1. The Bertz CT molecular complexity index is 388. The van der Waals surface area contributed by atoms with Crippen LogP contribution >= 0.6 is 0 Å². The minimum atomic E-state index is 0.779. The highest BCUT2D eigenvalue weighted by Crippen LogP contribution is 2.16. The highest BCUT2D eigenvalue weighted by atomic mass is 16.5. The van der Waals surface area contributed by atoms with Crippen molar-refractivity contribution in [1.82, 2.24) is 15.2 Å². The number of nitrogens with zero attached hydrogens (tertiary/aromatic N) is 2. The van der Waals surface area contributed by atoms with Gasteiger partial charge in [-0.05, 0) is 50.4 Å². The van der Waals surface area contributed by atoms with E-state index in [1.165, 1.54) is 24.8 Å². The summed E-state index contributed by atoms with van der Waals surface area (Å²) in [5, 5.41) is 3.40. The van der Waals surface area contributed by atoms with Gasteiger partial charge in [0.1, 0.15) is 0 Å². The molecule has 2 rings (SSSR count). The Kier molecular flexibility index (Phi) is 7.13. The predicted octanol–water partition coefficient (Wildman–Crippen LogP) is 2.44. The average molecular weight is 291 g/mol. The third-order valence-electron chi connectivity index (χ3n) is 3.98. The fourth-order valence-corrected chi connectivity index (χ4v) is 2.77. The van der Waals surface area contributed by atoms with Crippen molar-refractivity contribution in [2.24, 2.45) is 5.92 Å². The van der Waals surface area contributed by atoms with E-state index in [4.69, 9.17) is 4.74 Å². The van der Waals surface area contributed by atoms with Gasteiger partial charge in [0.05, 0.1) is 5.69 Å². The van der Waals surface area contributed by atoms with Gasteiger partial charge in [0.25, 0.3) is 0 Å². The molecule has 0 unspecified atom stereocenters. The van der Waals surface area contributed by atoms with Gasteiger partial charge >= 0.3 is 0 Å². The van der Waals surface area contributed by atoms with Crippen LogP contribution in [0.25, 0.3) is 0 Å². The molecule has 1 aliphatic heterocycles. The zero-order valence-corrected chi connectivity index (χ0v) is 13.5. The molecule has 1 fully saturated rings. The molecule has 1 aromatic heterocycles. The molecule has 2 heterocycles. The summed E-state index contributed by atoms with van der Waals surface area (Å²) in [7, 11) is 2.19. The van der Waals surface area contributed by atoms with Gasteiger partial charge in [-0.2, -0.15) is 0 Å². The zero-order chi connectivity index (χ0) is 14.9. The largest absolute Gasteiger partial charge is 0.381 e. The molecule has 1 aromatic rings. The second-order valence-electron chi connectivity index (χ2n) is 6.09. The highest BCUT2D eigenvalue weighted by molar-refractivity contribution is 5.13. The van der Waals surface area contributed by atoms with Gasteiger partial charge in [0, 0.05) is 39.0 Å². The number of aromatic nitrogens is 1. The van der Waals surface area contributed by atoms with Crippen LogP contribution in [0.2, 0.25) is 0 Å². The Labute approximate surface area is 128 Å². The van der Waals surface area contributed by atoms with Crippen molar-refractivity contribution >= 4 is 0 Å². The van der Waals surface area contributed by atoms with Crippen LogP contribution in [0, 0.1) is 5.92 Å². The minimum absolute atomic E-state index is 0.779. The second-order valence-corrected chi connectivity index (χ2v) is 6.09. The van der Waals surface area contributed by atoms with Gasteiger partial charge in [-0.1, -0.05) is 13.0 Å². The topological polar surface area (TPSA) is 37.4 Å². The molecule has 118 valence electrons. The molecule has 0 aliphatic carbocycles. The van der Waals surface area contributed by atoms with E-state index in [0.717, 1.165) is 51.0 Å². The van der Waals surface area contributed by atoms with Gasteiger partial charge in [-0.15, -0.1) is 0 Å². The maximum atomic E-state index is 5.42. The molecule has 0 saturated carbocycles. The molecule has 0 aromatic carbocycles. The Balaban J connectivity index is 1.73. The van der Waals surface area contributed by atoms with Crippen LogP contribution < -0.4 is 5.32 Å². The van der Waals surface area contributed by atoms with E-state index < -0.39 is 0 Å². The van der Waals surface area contributed by atoms with Crippen LogP contribution in [-0.2, 0) is 17.8 Å². The Morgan fingerprint density at radius 1 is 1.33 bits per heavy atom. The van der Waals surface area contributed by atoms with Crippen LogP contribution in [0.3, 0.4) is 0 Å². The lowest BCUT2D eigenvalue weighted by Gasteiger charge is -2.26. The number of nitrogens with one attached hydrogen (secondary N) is 1. The lowest BCUT2D eigenvalue weighted by Crippen LogP contribution is -2.29. The molecule has 0 bridgehead atoms. The van der Waals surface area contributed by atoms with Crippen molar-refractivity contribution in [3.05, 3.63) is 29.6 Å². The molecular weight excluding hydrogens is 262 g/mol. The molecule has 1 saturated heterocycles. The highest BCUT2D eigenvalue weighted by Gasteiger charge is 2.15. The summed E-state index contributed by atoms with van der Waals surface area (Å²) < 4.78 is 5.42. The van der Waals surface area contributed by atoms with Crippen molar-refractivity contribution in [2.75, 3.05) is 33.4 Å². The molecule has 1 N–H and O–H groups in total. The van der Waals surface area contributed by atoms with E-state index in [0.29, 0.717) is 0 Å². The molecule has 4 nitrogen and oxygen atoms in total. The molecule has 0 radical (unpaired) electrons. The number of ether oxygens (including phenoxy) is 1. The van der Waals surface area contributed by atoms with Crippen molar-refractivity contribution in [1.29, 1.82) is 0 Å². The third-order valence-corrected chi connectivity index (χ3v) is 3.98. The molecule has 0 spiro atoms. The van der Waals surface area contributed by atoms with Gasteiger partial charge in [0.15, 0.2) is 0 Å². The summed E-state index contributed by atoms with van der Waals surface area (Å²) in [5.74, 6) is 0.779. The molecule has 21 heavy (non-hydrogen) atoms. The monoisotopic (exact) mass is 291 g/mol. The van der Waals surface area contributed by atoms with Gasteiger partial charge in [-0.25, -0.2) is 0 Å². The Hall–Kier alpha value is -0.970. The first-order valence-electron chi connectivity index (χ1n) is 8.18. The van der Waals surface area contributed by atoms with Crippen molar-refractivity contribution in [3.63, 3.8) is 0 Å². The number of pyridine rings is 1. The molecule has 0 atom stereocenters. The lowest BCUT2D eigenvalue weighted by atomic mass is 10.00. The Morgan fingerprint density at radius 2 is 2.14 bits per heavy atom. The van der Waals surface area contributed by atoms with Crippen LogP contribution in [0.5, 0.6) is 0 Å². The van der Waals surface area contributed by atoms with E-state index >= 15 is 0 Å². The van der Waals surface area contributed by atoms with Crippen LogP contribution in [0.4, 0.5) is 0 Å². The van der Waals surface area contributed by atoms with Gasteiger partial charge in [-0.3, -0.25) is 4.98 Å². The first kappa shape index (κ1) is 16.4. The van der Waals surface area contributed by atoms with Gasteiger partial charge < -0.3 is 15.0 Å². The average Bonchev–Trinajstić information content (AvgIpc) is 2.50. The quantitative estimate of drug-likeness (QED) is 0.747. The molecule has 1 aliphatic rings. The number of rotatable bonds is 8. The summed E-state index contributed by atoms with van der Waals surface area (Å²) in [4.78, 5) is 6.97. The van der Waals surface area contributed by atoms with E-state index in [1.54, 1.807) is 0 Å².